The van der Waals surface area contributed by atoms with E-state index in [2.05, 4.69) is 43.2 Å². The summed E-state index contributed by atoms with van der Waals surface area (Å²) >= 11 is 0. The van der Waals surface area contributed by atoms with Crippen LogP contribution in [0.5, 0.6) is 0 Å². The predicted molar refractivity (Wildman–Crippen MR) is 91.5 cm³/mol. The van der Waals surface area contributed by atoms with E-state index in [1.165, 1.54) is 5.56 Å². The van der Waals surface area contributed by atoms with Crippen LogP contribution in [-0.2, 0) is 16.6 Å². The molecule has 2 aromatic heterocycles. The second-order valence-corrected chi connectivity index (χ2v) is 6.66. The SMILES string of the molecule is CC(C)(C)c1ccc2occ(CC(=O)Nc3ccccn3)c2c1. The molecule has 1 amide bonds. The molecule has 2 heterocycles. The van der Waals surface area contributed by atoms with Crippen LogP contribution in [0.2, 0.25) is 0 Å². The molecule has 1 N–H and O–H groups in total. The van der Waals surface area contributed by atoms with Gasteiger partial charge in [-0.1, -0.05) is 32.9 Å². The van der Waals surface area contributed by atoms with Crippen LogP contribution < -0.4 is 5.32 Å². The number of anilines is 1. The molecule has 3 rings (SSSR count). The average molecular weight is 308 g/mol. The highest BCUT2D eigenvalue weighted by molar-refractivity contribution is 5.94. The van der Waals surface area contributed by atoms with Crippen LogP contribution in [0, 0.1) is 0 Å². The minimum Gasteiger partial charge on any atom is -0.464 e. The van der Waals surface area contributed by atoms with E-state index in [9.17, 15) is 4.79 Å². The van der Waals surface area contributed by atoms with Crippen LogP contribution >= 0.6 is 0 Å². The molecular formula is C19H20N2O2. The molecule has 0 aliphatic heterocycles. The Balaban J connectivity index is 1.84. The molecule has 0 bridgehead atoms. The lowest BCUT2D eigenvalue weighted by Crippen LogP contribution is -2.15. The van der Waals surface area contributed by atoms with Crippen molar-refractivity contribution in [1.29, 1.82) is 0 Å². The van der Waals surface area contributed by atoms with Gasteiger partial charge in [0, 0.05) is 17.1 Å². The number of pyridine rings is 1. The third-order valence-corrected chi connectivity index (χ3v) is 3.80. The Hall–Kier alpha value is -2.62. The average Bonchev–Trinajstić information content (AvgIpc) is 2.89. The molecule has 0 saturated heterocycles. The number of benzene rings is 1. The topological polar surface area (TPSA) is 55.1 Å². The number of fused-ring (bicyclic) bond motifs is 1. The summed E-state index contributed by atoms with van der Waals surface area (Å²) < 4.78 is 5.57. The van der Waals surface area contributed by atoms with Gasteiger partial charge in [0.05, 0.1) is 12.7 Å². The van der Waals surface area contributed by atoms with Gasteiger partial charge in [0.15, 0.2) is 0 Å². The molecule has 0 unspecified atom stereocenters. The highest BCUT2D eigenvalue weighted by Gasteiger charge is 2.17. The van der Waals surface area contributed by atoms with Crippen LogP contribution in [0.4, 0.5) is 5.82 Å². The summed E-state index contributed by atoms with van der Waals surface area (Å²) in [5, 5.41) is 3.79. The molecule has 0 saturated carbocycles. The molecule has 0 atom stereocenters. The van der Waals surface area contributed by atoms with Gasteiger partial charge in [0.1, 0.15) is 11.4 Å². The van der Waals surface area contributed by atoms with Gasteiger partial charge in [0.25, 0.3) is 0 Å². The Morgan fingerprint density at radius 1 is 1.22 bits per heavy atom. The molecule has 4 nitrogen and oxygen atoms in total. The molecule has 1 aromatic carbocycles. The van der Waals surface area contributed by atoms with Crippen molar-refractivity contribution in [2.24, 2.45) is 0 Å². The van der Waals surface area contributed by atoms with E-state index in [0.29, 0.717) is 5.82 Å². The fourth-order valence-corrected chi connectivity index (χ4v) is 2.48. The first-order chi connectivity index (χ1) is 10.9. The number of furan rings is 1. The first kappa shape index (κ1) is 15.3. The maximum atomic E-state index is 12.2. The number of carbonyl (C=O) groups excluding carboxylic acids is 1. The summed E-state index contributed by atoms with van der Waals surface area (Å²) in [7, 11) is 0. The Morgan fingerprint density at radius 2 is 2.04 bits per heavy atom. The normalized spacial score (nSPS) is 11.6. The van der Waals surface area contributed by atoms with Crippen molar-refractivity contribution in [2.45, 2.75) is 32.6 Å². The molecule has 0 radical (unpaired) electrons. The van der Waals surface area contributed by atoms with Crippen LogP contribution in [0.15, 0.2) is 53.3 Å². The Bertz CT molecular complexity index is 829. The largest absolute Gasteiger partial charge is 0.464 e. The van der Waals surface area contributed by atoms with Gasteiger partial charge in [-0.05, 0) is 35.2 Å². The van der Waals surface area contributed by atoms with Crippen molar-refractivity contribution in [3.63, 3.8) is 0 Å². The maximum absolute atomic E-state index is 12.2. The zero-order valence-electron chi connectivity index (χ0n) is 13.6. The number of aromatic nitrogens is 1. The van der Waals surface area contributed by atoms with Gasteiger partial charge in [-0.15, -0.1) is 0 Å². The second-order valence-electron chi connectivity index (χ2n) is 6.66. The third kappa shape index (κ3) is 3.42. The summed E-state index contributed by atoms with van der Waals surface area (Å²) in [5.41, 5.74) is 2.97. The second kappa shape index (κ2) is 5.88. The highest BCUT2D eigenvalue weighted by Crippen LogP contribution is 2.29. The lowest BCUT2D eigenvalue weighted by molar-refractivity contribution is -0.115. The van der Waals surface area contributed by atoms with Crippen molar-refractivity contribution in [3.8, 4) is 0 Å². The van der Waals surface area contributed by atoms with E-state index < -0.39 is 0 Å². The van der Waals surface area contributed by atoms with E-state index in [4.69, 9.17) is 4.42 Å². The van der Waals surface area contributed by atoms with Crippen molar-refractivity contribution >= 4 is 22.7 Å². The van der Waals surface area contributed by atoms with Crippen molar-refractivity contribution in [2.75, 3.05) is 5.32 Å². The number of nitrogens with zero attached hydrogens (tertiary/aromatic N) is 1. The third-order valence-electron chi connectivity index (χ3n) is 3.80. The fourth-order valence-electron chi connectivity index (χ4n) is 2.48. The van der Waals surface area contributed by atoms with E-state index in [0.717, 1.165) is 16.5 Å². The summed E-state index contributed by atoms with van der Waals surface area (Å²) in [4.78, 5) is 16.3. The molecule has 3 aromatic rings. The molecule has 23 heavy (non-hydrogen) atoms. The molecule has 0 aliphatic rings. The minimum atomic E-state index is -0.104. The van der Waals surface area contributed by atoms with Gasteiger partial charge in [-0.3, -0.25) is 4.79 Å². The van der Waals surface area contributed by atoms with Gasteiger partial charge in [0.2, 0.25) is 5.91 Å². The van der Waals surface area contributed by atoms with Crippen LogP contribution in [-0.4, -0.2) is 10.9 Å². The first-order valence-corrected chi connectivity index (χ1v) is 7.65. The Kier molecular flexibility index (Phi) is 3.90. The van der Waals surface area contributed by atoms with E-state index in [1.54, 1.807) is 18.5 Å². The van der Waals surface area contributed by atoms with Crippen LogP contribution in [0.3, 0.4) is 0 Å². The van der Waals surface area contributed by atoms with Crippen molar-refractivity contribution in [1.82, 2.24) is 4.98 Å². The molecule has 118 valence electrons. The van der Waals surface area contributed by atoms with Crippen LogP contribution in [0.25, 0.3) is 11.0 Å². The lowest BCUT2D eigenvalue weighted by Gasteiger charge is -2.18. The maximum Gasteiger partial charge on any atom is 0.230 e. The van der Waals surface area contributed by atoms with Crippen molar-refractivity contribution < 1.29 is 9.21 Å². The number of rotatable bonds is 3. The summed E-state index contributed by atoms with van der Waals surface area (Å²) in [6, 6.07) is 11.6. The van der Waals surface area contributed by atoms with Gasteiger partial charge in [-0.2, -0.15) is 0 Å². The number of nitrogens with one attached hydrogen (secondary N) is 1. The molecular weight excluding hydrogens is 288 g/mol. The molecule has 0 spiro atoms. The smallest absolute Gasteiger partial charge is 0.230 e. The molecule has 0 fully saturated rings. The Labute approximate surface area is 135 Å². The lowest BCUT2D eigenvalue weighted by atomic mass is 9.86. The number of amides is 1. The summed E-state index contributed by atoms with van der Waals surface area (Å²) in [6.45, 7) is 6.51. The quantitative estimate of drug-likeness (QED) is 0.784. The zero-order valence-corrected chi connectivity index (χ0v) is 13.6. The zero-order chi connectivity index (χ0) is 16.4. The predicted octanol–water partition coefficient (Wildman–Crippen LogP) is 4.31. The van der Waals surface area contributed by atoms with E-state index in [-0.39, 0.29) is 17.7 Å². The van der Waals surface area contributed by atoms with Gasteiger partial charge in [-0.25, -0.2) is 4.98 Å². The Morgan fingerprint density at radius 3 is 2.74 bits per heavy atom. The van der Waals surface area contributed by atoms with Crippen molar-refractivity contribution in [3.05, 3.63) is 60.0 Å². The van der Waals surface area contributed by atoms with Gasteiger partial charge >= 0.3 is 0 Å². The van der Waals surface area contributed by atoms with Gasteiger partial charge < -0.3 is 9.73 Å². The van der Waals surface area contributed by atoms with E-state index >= 15 is 0 Å². The monoisotopic (exact) mass is 308 g/mol. The summed E-state index contributed by atoms with van der Waals surface area (Å²) in [6.07, 6.45) is 3.57. The summed E-state index contributed by atoms with van der Waals surface area (Å²) in [5.74, 6) is 0.452. The minimum absolute atomic E-state index is 0.0545. The fraction of sp³-hybridized carbons (Fsp3) is 0.263. The molecule has 4 heteroatoms. The number of hydrogen-bond donors (Lipinski definition) is 1. The number of hydrogen-bond acceptors (Lipinski definition) is 3. The standard InChI is InChI=1S/C19H20N2O2/c1-19(2,3)14-7-8-16-15(11-14)13(12-23-16)10-18(22)21-17-6-4-5-9-20-17/h4-9,11-12H,10H2,1-3H3,(H,20,21,22). The highest BCUT2D eigenvalue weighted by atomic mass is 16.3. The number of carbonyl (C=O) groups is 1. The van der Waals surface area contributed by atoms with Crippen LogP contribution in [0.1, 0.15) is 31.9 Å². The molecule has 0 aliphatic carbocycles. The van der Waals surface area contributed by atoms with E-state index in [1.807, 2.05) is 18.2 Å². The first-order valence-electron chi connectivity index (χ1n) is 7.65.